The van der Waals surface area contributed by atoms with Crippen LogP contribution in [0.25, 0.3) is 6.08 Å². The van der Waals surface area contributed by atoms with E-state index in [0.717, 1.165) is 0 Å². The first kappa shape index (κ1) is 13.9. The third kappa shape index (κ3) is 2.24. The molecule has 1 heterocycles. The van der Waals surface area contributed by atoms with E-state index in [1.807, 2.05) is 0 Å². The molecule has 0 saturated heterocycles. The second kappa shape index (κ2) is 5.07. The third-order valence-electron chi connectivity index (χ3n) is 3.40. The molecule has 2 aliphatic rings. The summed E-state index contributed by atoms with van der Waals surface area (Å²) in [6, 6.07) is 2.54. The number of rotatable bonds is 2. The summed E-state index contributed by atoms with van der Waals surface area (Å²) in [6.45, 7) is 0. The fourth-order valence-electron chi connectivity index (χ4n) is 2.33. The minimum Gasteiger partial charge on any atom is -0.508 e. The van der Waals surface area contributed by atoms with Crippen molar-refractivity contribution in [2.24, 2.45) is 0 Å². The molecular formula is C16H12O6. The Balaban J connectivity index is 2.05. The standard InChI is InChI=1S/C16H12O6/c1-21-15-7-10-12(19)5-9(17)6-14(10)22-16(15)8-2-3-11(18)13(20)4-8/h2-7,16-17,19H,1H3. The lowest BCUT2D eigenvalue weighted by Crippen LogP contribution is -2.28. The Morgan fingerprint density at radius 2 is 1.86 bits per heavy atom. The van der Waals surface area contributed by atoms with Gasteiger partial charge >= 0.3 is 0 Å². The number of methoxy groups -OCH3 is 1. The van der Waals surface area contributed by atoms with Crippen LogP contribution in [-0.2, 0) is 14.3 Å². The van der Waals surface area contributed by atoms with Crippen LogP contribution >= 0.6 is 0 Å². The Bertz CT molecular complexity index is 769. The van der Waals surface area contributed by atoms with Crippen LogP contribution in [0.4, 0.5) is 0 Å². The molecule has 1 aliphatic heterocycles. The molecule has 0 bridgehead atoms. The number of ether oxygens (including phenoxy) is 2. The Hall–Kier alpha value is -3.02. The Labute approximate surface area is 125 Å². The van der Waals surface area contributed by atoms with Gasteiger partial charge in [-0.05, 0) is 18.2 Å². The normalized spacial score (nSPS) is 20.0. The number of fused-ring (bicyclic) bond motifs is 1. The highest BCUT2D eigenvalue weighted by Crippen LogP contribution is 2.40. The van der Waals surface area contributed by atoms with Gasteiger partial charge in [0.25, 0.3) is 0 Å². The smallest absolute Gasteiger partial charge is 0.226 e. The molecule has 0 radical (unpaired) electrons. The van der Waals surface area contributed by atoms with Crippen LogP contribution in [0.5, 0.6) is 17.2 Å². The predicted octanol–water partition coefficient (Wildman–Crippen LogP) is 1.48. The molecular weight excluding hydrogens is 288 g/mol. The van der Waals surface area contributed by atoms with Crippen LogP contribution in [-0.4, -0.2) is 35.0 Å². The fraction of sp³-hybridized carbons (Fsp3) is 0.125. The molecule has 112 valence electrons. The van der Waals surface area contributed by atoms with Gasteiger partial charge in [-0.2, -0.15) is 0 Å². The van der Waals surface area contributed by atoms with E-state index in [-0.39, 0.29) is 17.2 Å². The lowest BCUT2D eigenvalue weighted by molar-refractivity contribution is -0.131. The number of hydrogen-bond donors (Lipinski definition) is 2. The van der Waals surface area contributed by atoms with Crippen molar-refractivity contribution in [2.45, 2.75) is 6.10 Å². The third-order valence-corrected chi connectivity index (χ3v) is 3.40. The molecule has 3 rings (SSSR count). The first-order valence-electron chi connectivity index (χ1n) is 6.46. The van der Waals surface area contributed by atoms with E-state index >= 15 is 0 Å². The molecule has 1 aromatic rings. The average molecular weight is 300 g/mol. The number of hydrogen-bond acceptors (Lipinski definition) is 6. The summed E-state index contributed by atoms with van der Waals surface area (Å²) >= 11 is 0. The lowest BCUT2D eigenvalue weighted by Gasteiger charge is -2.28. The summed E-state index contributed by atoms with van der Waals surface area (Å²) in [5.41, 5.74) is 0.819. The highest BCUT2D eigenvalue weighted by Gasteiger charge is 2.30. The number of ketones is 2. The second-order valence-electron chi connectivity index (χ2n) is 4.83. The number of carbonyl (C=O) groups is 2. The topological polar surface area (TPSA) is 93.1 Å². The van der Waals surface area contributed by atoms with E-state index in [9.17, 15) is 19.8 Å². The van der Waals surface area contributed by atoms with Crippen LogP contribution in [0.3, 0.4) is 0 Å². The molecule has 0 amide bonds. The fourth-order valence-corrected chi connectivity index (χ4v) is 2.33. The van der Waals surface area contributed by atoms with Gasteiger partial charge in [0.15, 0.2) is 6.10 Å². The predicted molar refractivity (Wildman–Crippen MR) is 76.4 cm³/mol. The van der Waals surface area contributed by atoms with Gasteiger partial charge in [0, 0.05) is 17.7 Å². The maximum absolute atomic E-state index is 11.5. The van der Waals surface area contributed by atoms with Gasteiger partial charge in [0.1, 0.15) is 23.0 Å². The SMILES string of the molecule is COC1=Cc2c(O)cc(O)cc2OC1C1=CC(=O)C(=O)C=C1. The Morgan fingerprint density at radius 3 is 2.55 bits per heavy atom. The van der Waals surface area contributed by atoms with Gasteiger partial charge in [-0.15, -0.1) is 0 Å². The highest BCUT2D eigenvalue weighted by molar-refractivity contribution is 6.46. The molecule has 0 aromatic heterocycles. The summed E-state index contributed by atoms with van der Waals surface area (Å²) in [7, 11) is 1.44. The van der Waals surface area contributed by atoms with Crippen molar-refractivity contribution in [2.75, 3.05) is 7.11 Å². The lowest BCUT2D eigenvalue weighted by atomic mass is 9.96. The monoisotopic (exact) mass is 300 g/mol. The van der Waals surface area contributed by atoms with Gasteiger partial charge in [-0.3, -0.25) is 9.59 Å². The molecule has 1 atom stereocenters. The van der Waals surface area contributed by atoms with Crippen molar-refractivity contribution in [1.29, 1.82) is 0 Å². The average Bonchev–Trinajstić information content (AvgIpc) is 2.48. The maximum Gasteiger partial charge on any atom is 0.226 e. The van der Waals surface area contributed by atoms with Crippen molar-refractivity contribution in [1.82, 2.24) is 0 Å². The van der Waals surface area contributed by atoms with Crippen molar-refractivity contribution < 1.29 is 29.3 Å². The van der Waals surface area contributed by atoms with E-state index < -0.39 is 17.7 Å². The maximum atomic E-state index is 11.5. The van der Waals surface area contributed by atoms with E-state index in [1.54, 1.807) is 6.08 Å². The summed E-state index contributed by atoms with van der Waals surface area (Å²) in [6.07, 6.45) is 4.66. The minimum atomic E-state index is -0.744. The zero-order valence-electron chi connectivity index (χ0n) is 11.6. The van der Waals surface area contributed by atoms with Crippen LogP contribution in [0.1, 0.15) is 5.56 Å². The summed E-state index contributed by atoms with van der Waals surface area (Å²) < 4.78 is 11.0. The first-order valence-corrected chi connectivity index (χ1v) is 6.46. The summed E-state index contributed by atoms with van der Waals surface area (Å²) in [5.74, 6) is -0.918. The van der Waals surface area contributed by atoms with Gasteiger partial charge in [-0.25, -0.2) is 0 Å². The van der Waals surface area contributed by atoms with Crippen molar-refractivity contribution in [3.05, 3.63) is 47.3 Å². The van der Waals surface area contributed by atoms with Gasteiger partial charge in [0.2, 0.25) is 11.6 Å². The quantitative estimate of drug-likeness (QED) is 0.635. The van der Waals surface area contributed by atoms with Gasteiger partial charge in [-0.1, -0.05) is 6.08 Å². The molecule has 0 fully saturated rings. The van der Waals surface area contributed by atoms with Gasteiger partial charge < -0.3 is 19.7 Å². The van der Waals surface area contributed by atoms with Crippen LogP contribution in [0.15, 0.2) is 41.7 Å². The zero-order valence-corrected chi connectivity index (χ0v) is 11.6. The highest BCUT2D eigenvalue weighted by atomic mass is 16.5. The van der Waals surface area contributed by atoms with E-state index in [1.165, 1.54) is 37.5 Å². The van der Waals surface area contributed by atoms with Crippen molar-refractivity contribution >= 4 is 17.6 Å². The van der Waals surface area contributed by atoms with E-state index in [0.29, 0.717) is 16.9 Å². The number of phenolic OH excluding ortho intramolecular Hbond substituents is 2. The van der Waals surface area contributed by atoms with Crippen LogP contribution in [0.2, 0.25) is 0 Å². The Morgan fingerprint density at radius 1 is 1.09 bits per heavy atom. The molecule has 1 aliphatic carbocycles. The van der Waals surface area contributed by atoms with Crippen molar-refractivity contribution in [3.63, 3.8) is 0 Å². The molecule has 1 aromatic carbocycles. The van der Waals surface area contributed by atoms with E-state index in [4.69, 9.17) is 9.47 Å². The molecule has 0 saturated carbocycles. The zero-order chi connectivity index (χ0) is 15.9. The summed E-state index contributed by atoms with van der Waals surface area (Å²) in [5, 5.41) is 19.4. The molecule has 0 spiro atoms. The molecule has 22 heavy (non-hydrogen) atoms. The second-order valence-corrected chi connectivity index (χ2v) is 4.83. The number of allylic oxidation sites excluding steroid dienone is 2. The Kier molecular flexibility index (Phi) is 3.21. The molecule has 6 heteroatoms. The first-order chi connectivity index (χ1) is 10.5. The number of carbonyl (C=O) groups excluding carboxylic acids is 2. The number of phenols is 2. The summed E-state index contributed by atoms with van der Waals surface area (Å²) in [4.78, 5) is 22.8. The van der Waals surface area contributed by atoms with Gasteiger partial charge in [0.05, 0.1) is 12.7 Å². The molecule has 2 N–H and O–H groups in total. The van der Waals surface area contributed by atoms with Crippen LogP contribution in [0, 0.1) is 0 Å². The largest absolute Gasteiger partial charge is 0.508 e. The molecule has 1 unspecified atom stereocenters. The number of benzene rings is 1. The van der Waals surface area contributed by atoms with Crippen molar-refractivity contribution in [3.8, 4) is 17.2 Å². The minimum absolute atomic E-state index is 0.149. The molecule has 6 nitrogen and oxygen atoms in total. The van der Waals surface area contributed by atoms with Crippen LogP contribution < -0.4 is 4.74 Å². The number of aromatic hydroxyl groups is 2. The van der Waals surface area contributed by atoms with E-state index in [2.05, 4.69) is 0 Å².